The molecule has 1 amide bonds. The molecule has 6 heteroatoms. The van der Waals surface area contributed by atoms with Crippen LogP contribution in [0.5, 0.6) is 11.5 Å². The van der Waals surface area contributed by atoms with Crippen LogP contribution in [0.4, 0.5) is 0 Å². The number of rotatable bonds is 8. The van der Waals surface area contributed by atoms with Gasteiger partial charge in [-0.3, -0.25) is 4.79 Å². The van der Waals surface area contributed by atoms with Gasteiger partial charge in [0.1, 0.15) is 11.5 Å². The van der Waals surface area contributed by atoms with E-state index in [1.165, 1.54) is 0 Å². The molecule has 0 aromatic heterocycles. The number of amides is 1. The highest BCUT2D eigenvalue weighted by atomic mass is 79.9. The second kappa shape index (κ2) is 9.90. The number of benzene rings is 3. The van der Waals surface area contributed by atoms with E-state index in [2.05, 4.69) is 26.5 Å². The molecule has 0 aliphatic rings. The monoisotopic (exact) mass is 440 g/mol. The summed E-state index contributed by atoms with van der Waals surface area (Å²) < 4.78 is 12.1. The van der Waals surface area contributed by atoms with Crippen LogP contribution >= 0.6 is 15.9 Å². The SMILES string of the molecule is CCCOc1ccccc1C=NNC(=O)COc1ccc2ccccc2c1Br. The van der Waals surface area contributed by atoms with Crippen LogP contribution in [0, 0.1) is 0 Å². The Hall–Kier alpha value is -2.86. The van der Waals surface area contributed by atoms with E-state index in [0.29, 0.717) is 12.4 Å². The summed E-state index contributed by atoms with van der Waals surface area (Å²) in [5.41, 5.74) is 3.28. The maximum Gasteiger partial charge on any atom is 0.277 e. The lowest BCUT2D eigenvalue weighted by Gasteiger charge is -2.10. The van der Waals surface area contributed by atoms with Gasteiger partial charge in [0, 0.05) is 5.56 Å². The van der Waals surface area contributed by atoms with Crippen molar-refractivity contribution in [2.45, 2.75) is 13.3 Å². The average molecular weight is 441 g/mol. The van der Waals surface area contributed by atoms with Crippen molar-refractivity contribution < 1.29 is 14.3 Å². The third kappa shape index (κ3) is 5.10. The van der Waals surface area contributed by atoms with Gasteiger partial charge in [0.25, 0.3) is 5.91 Å². The van der Waals surface area contributed by atoms with E-state index >= 15 is 0 Å². The summed E-state index contributed by atoms with van der Waals surface area (Å²) in [6, 6.07) is 19.3. The number of fused-ring (bicyclic) bond motifs is 1. The van der Waals surface area contributed by atoms with E-state index in [1.54, 1.807) is 6.21 Å². The van der Waals surface area contributed by atoms with E-state index in [9.17, 15) is 4.79 Å². The lowest BCUT2D eigenvalue weighted by Crippen LogP contribution is -2.24. The van der Waals surface area contributed by atoms with Gasteiger partial charge in [-0.1, -0.05) is 49.4 Å². The number of hydrogen-bond donors (Lipinski definition) is 1. The summed E-state index contributed by atoms with van der Waals surface area (Å²) in [6.07, 6.45) is 2.48. The fourth-order valence-electron chi connectivity index (χ4n) is 2.61. The molecule has 0 fully saturated rings. The Bertz CT molecular complexity index is 988. The van der Waals surface area contributed by atoms with Crippen molar-refractivity contribution >= 4 is 38.8 Å². The molecular weight excluding hydrogens is 420 g/mol. The maximum absolute atomic E-state index is 12.0. The van der Waals surface area contributed by atoms with Gasteiger partial charge in [-0.2, -0.15) is 5.10 Å². The maximum atomic E-state index is 12.0. The highest BCUT2D eigenvalue weighted by Crippen LogP contribution is 2.32. The Balaban J connectivity index is 1.57. The summed E-state index contributed by atoms with van der Waals surface area (Å²) in [6.45, 7) is 2.54. The number of carbonyl (C=O) groups excluding carboxylic acids is 1. The molecule has 0 aliphatic heterocycles. The molecule has 1 N–H and O–H groups in total. The first-order chi connectivity index (χ1) is 13.7. The first kappa shape index (κ1) is 19.9. The Morgan fingerprint density at radius 2 is 1.82 bits per heavy atom. The van der Waals surface area contributed by atoms with Gasteiger partial charge >= 0.3 is 0 Å². The number of nitrogens with zero attached hydrogens (tertiary/aromatic N) is 1. The lowest BCUT2D eigenvalue weighted by atomic mass is 10.1. The topological polar surface area (TPSA) is 59.9 Å². The van der Waals surface area contributed by atoms with Crippen LogP contribution in [0.25, 0.3) is 10.8 Å². The molecule has 0 heterocycles. The molecule has 0 aliphatic carbocycles. The van der Waals surface area contributed by atoms with Crippen molar-refractivity contribution in [1.82, 2.24) is 5.43 Å². The standard InChI is InChI=1S/C22H21BrN2O3/c1-2-13-27-19-10-6-4-8-17(19)14-24-25-21(26)15-28-20-12-11-16-7-3-5-9-18(16)22(20)23/h3-12,14H,2,13,15H2,1H3,(H,25,26). The molecule has 3 aromatic rings. The van der Waals surface area contributed by atoms with Crippen LogP contribution in [0.1, 0.15) is 18.9 Å². The van der Waals surface area contributed by atoms with Crippen molar-refractivity contribution in [2.75, 3.05) is 13.2 Å². The smallest absolute Gasteiger partial charge is 0.277 e. The number of carbonyl (C=O) groups is 1. The fraction of sp³-hybridized carbons (Fsp3) is 0.182. The summed E-state index contributed by atoms with van der Waals surface area (Å²) in [7, 11) is 0. The molecule has 5 nitrogen and oxygen atoms in total. The van der Waals surface area contributed by atoms with Crippen molar-refractivity contribution in [3.63, 3.8) is 0 Å². The normalized spacial score (nSPS) is 10.9. The zero-order valence-electron chi connectivity index (χ0n) is 15.5. The number of para-hydroxylation sites is 1. The number of ether oxygens (including phenoxy) is 2. The molecule has 0 radical (unpaired) electrons. The van der Waals surface area contributed by atoms with Crippen LogP contribution < -0.4 is 14.9 Å². The van der Waals surface area contributed by atoms with Crippen LogP contribution in [0.2, 0.25) is 0 Å². The Morgan fingerprint density at radius 1 is 1.04 bits per heavy atom. The quantitative estimate of drug-likeness (QED) is 0.399. The molecular formula is C22H21BrN2O3. The van der Waals surface area contributed by atoms with Crippen LogP contribution in [0.15, 0.2) is 70.2 Å². The third-order valence-corrected chi connectivity index (χ3v) is 4.78. The lowest BCUT2D eigenvalue weighted by molar-refractivity contribution is -0.123. The number of hydrogen-bond acceptors (Lipinski definition) is 4. The second-order valence-corrected chi connectivity index (χ2v) is 6.86. The predicted octanol–water partition coefficient (Wildman–Crippen LogP) is 4.92. The van der Waals surface area contributed by atoms with Gasteiger partial charge in [-0.05, 0) is 51.3 Å². The second-order valence-electron chi connectivity index (χ2n) is 6.07. The molecule has 0 saturated carbocycles. The highest BCUT2D eigenvalue weighted by molar-refractivity contribution is 9.10. The van der Waals surface area contributed by atoms with E-state index in [4.69, 9.17) is 9.47 Å². The minimum Gasteiger partial charge on any atom is -0.493 e. The van der Waals surface area contributed by atoms with Crippen LogP contribution in [-0.2, 0) is 4.79 Å². The van der Waals surface area contributed by atoms with Crippen molar-refractivity contribution in [3.8, 4) is 11.5 Å². The van der Waals surface area contributed by atoms with Gasteiger partial charge in [0.05, 0.1) is 17.3 Å². The van der Waals surface area contributed by atoms with E-state index in [-0.39, 0.29) is 12.5 Å². The first-order valence-corrected chi connectivity index (χ1v) is 9.82. The van der Waals surface area contributed by atoms with Crippen molar-refractivity contribution in [3.05, 3.63) is 70.7 Å². The summed E-state index contributed by atoms with van der Waals surface area (Å²) in [4.78, 5) is 12.0. The first-order valence-electron chi connectivity index (χ1n) is 9.03. The molecule has 28 heavy (non-hydrogen) atoms. The molecule has 0 spiro atoms. The molecule has 0 saturated heterocycles. The predicted molar refractivity (Wildman–Crippen MR) is 115 cm³/mol. The summed E-state index contributed by atoms with van der Waals surface area (Å²) in [5.74, 6) is 0.998. The molecule has 0 bridgehead atoms. The molecule has 144 valence electrons. The van der Waals surface area contributed by atoms with Gasteiger partial charge in [0.2, 0.25) is 0 Å². The van der Waals surface area contributed by atoms with E-state index in [1.807, 2.05) is 67.6 Å². The highest BCUT2D eigenvalue weighted by Gasteiger charge is 2.08. The van der Waals surface area contributed by atoms with Gasteiger partial charge in [-0.15, -0.1) is 0 Å². The number of hydrazone groups is 1. The van der Waals surface area contributed by atoms with E-state index < -0.39 is 0 Å². The van der Waals surface area contributed by atoms with Crippen LogP contribution in [0.3, 0.4) is 0 Å². The molecule has 0 unspecified atom stereocenters. The van der Waals surface area contributed by atoms with Crippen LogP contribution in [-0.4, -0.2) is 25.3 Å². The minimum absolute atomic E-state index is 0.137. The Morgan fingerprint density at radius 3 is 2.68 bits per heavy atom. The molecule has 3 aromatic carbocycles. The number of halogens is 1. The van der Waals surface area contributed by atoms with Crippen molar-refractivity contribution in [2.24, 2.45) is 5.10 Å². The average Bonchev–Trinajstić information content (AvgIpc) is 2.73. The molecule has 0 atom stereocenters. The zero-order chi connectivity index (χ0) is 19.8. The molecule has 3 rings (SSSR count). The number of nitrogens with one attached hydrogen (secondary N) is 1. The van der Waals surface area contributed by atoms with Gasteiger partial charge in [-0.25, -0.2) is 5.43 Å². The Labute approximate surface area is 172 Å². The third-order valence-electron chi connectivity index (χ3n) is 3.96. The van der Waals surface area contributed by atoms with E-state index in [0.717, 1.165) is 33.0 Å². The Kier molecular flexibility index (Phi) is 7.03. The summed E-state index contributed by atoms with van der Waals surface area (Å²) >= 11 is 3.54. The summed E-state index contributed by atoms with van der Waals surface area (Å²) in [5, 5.41) is 6.13. The minimum atomic E-state index is -0.344. The van der Waals surface area contributed by atoms with Gasteiger partial charge < -0.3 is 9.47 Å². The largest absolute Gasteiger partial charge is 0.493 e. The fourth-order valence-corrected chi connectivity index (χ4v) is 3.21. The van der Waals surface area contributed by atoms with Crippen molar-refractivity contribution in [1.29, 1.82) is 0 Å². The zero-order valence-corrected chi connectivity index (χ0v) is 17.1. The van der Waals surface area contributed by atoms with Gasteiger partial charge in [0.15, 0.2) is 6.61 Å².